The van der Waals surface area contributed by atoms with Crippen LogP contribution in [0.25, 0.3) is 0 Å². The predicted octanol–water partition coefficient (Wildman–Crippen LogP) is 0.885. The fourth-order valence-electron chi connectivity index (χ4n) is 1.48. The summed E-state index contributed by atoms with van der Waals surface area (Å²) >= 11 is 0. The molecule has 0 amide bonds. The minimum atomic E-state index is 1.04. The summed E-state index contributed by atoms with van der Waals surface area (Å²) in [7, 11) is 8.41. The maximum atomic E-state index is 2.21. The van der Waals surface area contributed by atoms with E-state index in [-0.39, 0.29) is 0 Å². The minimum absolute atomic E-state index is 1.04. The SMILES string of the molecule is CN(C)C[C]1[CH][CH][CH][C]1CN(C)C. The van der Waals surface area contributed by atoms with Crippen molar-refractivity contribution < 1.29 is 0 Å². The molecule has 1 fully saturated rings. The molecule has 0 aromatic heterocycles. The lowest BCUT2D eigenvalue weighted by atomic mass is 9.95. The second-order valence-corrected chi connectivity index (χ2v) is 4.05. The average Bonchev–Trinajstić information content (AvgIpc) is 2.34. The van der Waals surface area contributed by atoms with Crippen LogP contribution in [-0.4, -0.2) is 51.1 Å². The zero-order valence-corrected chi connectivity index (χ0v) is 9.04. The van der Waals surface area contributed by atoms with Gasteiger partial charge >= 0.3 is 0 Å². The molecule has 2 nitrogen and oxygen atoms in total. The van der Waals surface area contributed by atoms with Crippen molar-refractivity contribution in [2.75, 3.05) is 41.3 Å². The van der Waals surface area contributed by atoms with Gasteiger partial charge in [0.25, 0.3) is 0 Å². The number of nitrogens with zero attached hydrogens (tertiary/aromatic N) is 2. The molecule has 1 aliphatic carbocycles. The molecule has 13 heavy (non-hydrogen) atoms. The second-order valence-electron chi connectivity index (χ2n) is 4.05. The van der Waals surface area contributed by atoms with Gasteiger partial charge in [-0.25, -0.2) is 0 Å². The Labute approximate surface area is 82.9 Å². The summed E-state index contributed by atoms with van der Waals surface area (Å²) in [6.07, 6.45) is 6.55. The molecular weight excluding hydrogens is 160 g/mol. The predicted molar refractivity (Wildman–Crippen MR) is 56.5 cm³/mol. The van der Waals surface area contributed by atoms with Crippen LogP contribution in [0.4, 0.5) is 0 Å². The summed E-state index contributed by atoms with van der Waals surface area (Å²) in [5.41, 5.74) is 0. The van der Waals surface area contributed by atoms with Crippen LogP contribution < -0.4 is 0 Å². The van der Waals surface area contributed by atoms with Crippen molar-refractivity contribution in [1.29, 1.82) is 0 Å². The summed E-state index contributed by atoms with van der Waals surface area (Å²) < 4.78 is 0. The van der Waals surface area contributed by atoms with E-state index < -0.39 is 0 Å². The Morgan fingerprint density at radius 1 is 0.846 bits per heavy atom. The molecule has 0 atom stereocenters. The molecule has 0 unspecified atom stereocenters. The zero-order valence-electron chi connectivity index (χ0n) is 9.04. The van der Waals surface area contributed by atoms with Crippen LogP contribution in [0.5, 0.6) is 0 Å². The minimum Gasteiger partial charge on any atom is -0.309 e. The third-order valence-electron chi connectivity index (χ3n) is 1.98. The highest BCUT2D eigenvalue weighted by molar-refractivity contribution is 5.45. The maximum absolute atomic E-state index is 2.21. The molecule has 0 aromatic carbocycles. The molecule has 0 N–H and O–H groups in total. The van der Waals surface area contributed by atoms with Crippen molar-refractivity contribution in [3.05, 3.63) is 31.1 Å². The van der Waals surface area contributed by atoms with Gasteiger partial charge in [0.1, 0.15) is 0 Å². The summed E-state index contributed by atoms with van der Waals surface area (Å²) in [6.45, 7) is 2.08. The van der Waals surface area contributed by atoms with Crippen LogP contribution in [-0.2, 0) is 0 Å². The van der Waals surface area contributed by atoms with E-state index in [1.165, 1.54) is 11.8 Å². The highest BCUT2D eigenvalue weighted by atomic mass is 15.1. The molecule has 5 radical (unpaired) electrons. The van der Waals surface area contributed by atoms with Gasteiger partial charge in [0.2, 0.25) is 0 Å². The summed E-state index contributed by atoms with van der Waals surface area (Å²) in [5.74, 6) is 2.89. The molecule has 0 heterocycles. The van der Waals surface area contributed by atoms with E-state index in [0.717, 1.165) is 13.1 Å². The Morgan fingerprint density at radius 3 is 1.54 bits per heavy atom. The van der Waals surface area contributed by atoms with Crippen molar-refractivity contribution in [2.24, 2.45) is 0 Å². The third-order valence-corrected chi connectivity index (χ3v) is 1.98. The Hall–Kier alpha value is -0.0800. The normalized spacial score (nSPS) is 20.8. The topological polar surface area (TPSA) is 6.48 Å². The standard InChI is InChI=1S/C11H19N2/c1-12(2)8-10-6-5-7-11(10)9-13(3)4/h5-7H,8-9H2,1-4H3. The van der Waals surface area contributed by atoms with E-state index in [0.29, 0.717) is 0 Å². The first kappa shape index (κ1) is 11.0. The highest BCUT2D eigenvalue weighted by Crippen LogP contribution is 2.33. The molecule has 1 rings (SSSR count). The summed E-state index contributed by atoms with van der Waals surface area (Å²) in [4.78, 5) is 4.41. The Morgan fingerprint density at radius 2 is 1.23 bits per heavy atom. The molecule has 0 spiro atoms. The van der Waals surface area contributed by atoms with E-state index in [4.69, 9.17) is 0 Å². The second kappa shape index (κ2) is 4.97. The van der Waals surface area contributed by atoms with Crippen LogP contribution >= 0.6 is 0 Å². The molecule has 0 aromatic rings. The van der Waals surface area contributed by atoms with Gasteiger partial charge in [-0.1, -0.05) is 0 Å². The molecule has 0 aliphatic heterocycles. The van der Waals surface area contributed by atoms with Crippen molar-refractivity contribution in [1.82, 2.24) is 9.80 Å². The van der Waals surface area contributed by atoms with E-state index in [9.17, 15) is 0 Å². The zero-order chi connectivity index (χ0) is 9.84. The van der Waals surface area contributed by atoms with E-state index in [1.54, 1.807) is 0 Å². The van der Waals surface area contributed by atoms with Crippen LogP contribution in [0, 0.1) is 31.1 Å². The van der Waals surface area contributed by atoms with Gasteiger partial charge in [0.05, 0.1) is 0 Å². The van der Waals surface area contributed by atoms with E-state index in [2.05, 4.69) is 57.3 Å². The molecule has 73 valence electrons. The fourth-order valence-corrected chi connectivity index (χ4v) is 1.48. The molecule has 1 aliphatic rings. The largest absolute Gasteiger partial charge is 0.309 e. The first-order valence-corrected chi connectivity index (χ1v) is 4.62. The molecular formula is C11H19N2. The first-order valence-electron chi connectivity index (χ1n) is 4.62. The van der Waals surface area contributed by atoms with Crippen LogP contribution in [0.2, 0.25) is 0 Å². The van der Waals surface area contributed by atoms with Crippen LogP contribution in [0.15, 0.2) is 0 Å². The van der Waals surface area contributed by atoms with E-state index >= 15 is 0 Å². The monoisotopic (exact) mass is 179 g/mol. The van der Waals surface area contributed by atoms with Crippen molar-refractivity contribution in [2.45, 2.75) is 0 Å². The van der Waals surface area contributed by atoms with Crippen LogP contribution in [0.1, 0.15) is 0 Å². The summed E-state index contributed by atoms with van der Waals surface area (Å²) in [6, 6.07) is 0. The maximum Gasteiger partial charge on any atom is 0.00471 e. The Bertz CT molecular complexity index is 127. The van der Waals surface area contributed by atoms with Crippen molar-refractivity contribution >= 4 is 0 Å². The van der Waals surface area contributed by atoms with E-state index in [1.807, 2.05) is 0 Å². The molecule has 2 heteroatoms. The van der Waals surface area contributed by atoms with Crippen molar-refractivity contribution in [3.63, 3.8) is 0 Å². The molecule has 0 bridgehead atoms. The lowest BCUT2D eigenvalue weighted by Crippen LogP contribution is -2.28. The fraction of sp³-hybridized carbons (Fsp3) is 0.545. The van der Waals surface area contributed by atoms with Gasteiger partial charge in [-0.15, -0.1) is 0 Å². The number of hydrogen-bond donors (Lipinski definition) is 0. The van der Waals surface area contributed by atoms with Crippen LogP contribution in [0.3, 0.4) is 0 Å². The Kier molecular flexibility index (Phi) is 4.20. The quantitative estimate of drug-likeness (QED) is 0.632. The summed E-state index contributed by atoms with van der Waals surface area (Å²) in [5, 5.41) is 0. The lowest BCUT2D eigenvalue weighted by molar-refractivity contribution is 0.398. The van der Waals surface area contributed by atoms with Gasteiger partial charge in [-0.05, 0) is 47.5 Å². The van der Waals surface area contributed by atoms with Gasteiger partial charge in [-0.3, -0.25) is 0 Å². The van der Waals surface area contributed by atoms with Crippen molar-refractivity contribution in [3.8, 4) is 0 Å². The molecule has 0 saturated heterocycles. The first-order chi connectivity index (χ1) is 6.09. The third kappa shape index (κ3) is 3.65. The van der Waals surface area contributed by atoms with Gasteiger partial charge in [0, 0.05) is 24.9 Å². The number of hydrogen-bond acceptors (Lipinski definition) is 2. The highest BCUT2D eigenvalue weighted by Gasteiger charge is 2.29. The van der Waals surface area contributed by atoms with Gasteiger partial charge in [-0.2, -0.15) is 0 Å². The average molecular weight is 179 g/mol. The Balaban J connectivity index is 2.35. The van der Waals surface area contributed by atoms with Gasteiger partial charge < -0.3 is 9.80 Å². The lowest BCUT2D eigenvalue weighted by Gasteiger charge is -2.24. The molecule has 1 saturated carbocycles. The van der Waals surface area contributed by atoms with Gasteiger partial charge in [0.15, 0.2) is 0 Å². The number of rotatable bonds is 4. The smallest absolute Gasteiger partial charge is 0.00471 e.